The van der Waals surface area contributed by atoms with Crippen LogP contribution in [0.1, 0.15) is 18.4 Å². The van der Waals surface area contributed by atoms with Crippen molar-refractivity contribution in [3.8, 4) is 0 Å². The molecule has 0 saturated carbocycles. The van der Waals surface area contributed by atoms with Crippen LogP contribution < -0.4 is 5.73 Å². The predicted octanol–water partition coefficient (Wildman–Crippen LogP) is 2.74. The molecule has 1 saturated heterocycles. The first-order valence-electron chi connectivity index (χ1n) is 7.51. The van der Waals surface area contributed by atoms with Gasteiger partial charge in [-0.3, -0.25) is 20.5 Å². The molecular weight excluding hydrogens is 380 g/mol. The van der Waals surface area contributed by atoms with Crippen molar-refractivity contribution in [3.63, 3.8) is 0 Å². The number of hydrazine groups is 1. The molecule has 7 heteroatoms. The maximum atomic E-state index is 11.7. The molecule has 2 aliphatic rings. The largest absolute Gasteiger partial charge is 0.298 e. The number of halogens is 2. The molecule has 1 atom stereocenters. The average Bonchev–Trinajstić information content (AvgIpc) is 2.52. The normalized spacial score (nSPS) is 22.4. The van der Waals surface area contributed by atoms with E-state index in [4.69, 9.17) is 17.3 Å². The van der Waals surface area contributed by atoms with Crippen LogP contribution in [0, 0.1) is 0 Å². The number of rotatable bonds is 3. The highest BCUT2D eigenvalue weighted by Crippen LogP contribution is 2.25. The first kappa shape index (κ1) is 16.6. The molecular formula is C16H18BrClN4O. The highest BCUT2D eigenvalue weighted by atomic mass is 79.9. The smallest absolute Gasteiger partial charge is 0.186 e. The summed E-state index contributed by atoms with van der Waals surface area (Å²) in [4.78, 5) is 16.0. The molecule has 2 heterocycles. The minimum Gasteiger partial charge on any atom is -0.298 e. The quantitative estimate of drug-likeness (QED) is 0.852. The van der Waals surface area contributed by atoms with Crippen molar-refractivity contribution in [1.82, 2.24) is 10.0 Å². The molecule has 5 nitrogen and oxygen atoms in total. The van der Waals surface area contributed by atoms with E-state index in [0.29, 0.717) is 24.4 Å². The Balaban J connectivity index is 1.77. The molecule has 1 fully saturated rings. The summed E-state index contributed by atoms with van der Waals surface area (Å²) in [5.41, 5.74) is 8.09. The molecule has 3 rings (SSSR count). The van der Waals surface area contributed by atoms with Crippen LogP contribution in [0.5, 0.6) is 0 Å². The third-order valence-electron chi connectivity index (χ3n) is 3.93. The Bertz CT molecular complexity index is 676. The van der Waals surface area contributed by atoms with Crippen molar-refractivity contribution < 1.29 is 4.79 Å². The lowest BCUT2D eigenvalue weighted by atomic mass is 10.1. The van der Waals surface area contributed by atoms with Crippen LogP contribution in [0.15, 0.2) is 39.4 Å². The lowest BCUT2D eigenvalue weighted by molar-refractivity contribution is -0.129. The van der Waals surface area contributed by atoms with Gasteiger partial charge in [-0.05, 0) is 29.7 Å². The molecule has 0 aromatic heterocycles. The number of nitrogens with zero attached hydrogens (tertiary/aromatic N) is 3. The molecule has 0 radical (unpaired) electrons. The van der Waals surface area contributed by atoms with E-state index in [9.17, 15) is 4.79 Å². The minimum atomic E-state index is -0.481. The summed E-state index contributed by atoms with van der Waals surface area (Å²) in [5.74, 6) is 0.240. The number of hydrogen-bond acceptors (Lipinski definition) is 5. The van der Waals surface area contributed by atoms with Crippen molar-refractivity contribution in [2.45, 2.75) is 25.6 Å². The molecule has 0 spiro atoms. The van der Waals surface area contributed by atoms with Crippen LogP contribution in [-0.2, 0) is 11.2 Å². The van der Waals surface area contributed by atoms with Gasteiger partial charge in [-0.15, -0.1) is 0 Å². The van der Waals surface area contributed by atoms with Crippen LogP contribution in [0.3, 0.4) is 0 Å². The zero-order valence-electron chi connectivity index (χ0n) is 12.6. The molecule has 0 bridgehead atoms. The van der Waals surface area contributed by atoms with Crippen molar-refractivity contribution in [2.75, 3.05) is 13.1 Å². The van der Waals surface area contributed by atoms with E-state index in [0.717, 1.165) is 28.6 Å². The molecule has 2 N–H and O–H groups in total. The van der Waals surface area contributed by atoms with Crippen molar-refractivity contribution in [2.24, 2.45) is 10.7 Å². The summed E-state index contributed by atoms with van der Waals surface area (Å²) in [6, 6.07) is 5.84. The van der Waals surface area contributed by atoms with E-state index in [1.807, 2.05) is 34.4 Å². The van der Waals surface area contributed by atoms with Gasteiger partial charge in [0.15, 0.2) is 6.29 Å². The molecule has 1 unspecified atom stereocenters. The highest BCUT2D eigenvalue weighted by molar-refractivity contribution is 9.10. The third-order valence-corrected chi connectivity index (χ3v) is 4.77. The van der Waals surface area contributed by atoms with Gasteiger partial charge in [0.05, 0.1) is 6.54 Å². The number of piperidine rings is 1. The number of benzene rings is 1. The van der Waals surface area contributed by atoms with Gasteiger partial charge < -0.3 is 0 Å². The van der Waals surface area contributed by atoms with E-state index in [-0.39, 0.29) is 5.78 Å². The van der Waals surface area contributed by atoms with Crippen molar-refractivity contribution >= 4 is 39.5 Å². The fourth-order valence-electron chi connectivity index (χ4n) is 2.76. The van der Waals surface area contributed by atoms with Crippen LogP contribution in [0.2, 0.25) is 5.02 Å². The van der Waals surface area contributed by atoms with Crippen LogP contribution in [-0.4, -0.2) is 41.4 Å². The number of nitrogens with two attached hydrogens (primary N) is 1. The van der Waals surface area contributed by atoms with Gasteiger partial charge in [-0.2, -0.15) is 0 Å². The van der Waals surface area contributed by atoms with Gasteiger partial charge in [0.25, 0.3) is 0 Å². The van der Waals surface area contributed by atoms with Gasteiger partial charge in [-0.25, -0.2) is 5.01 Å². The van der Waals surface area contributed by atoms with Gasteiger partial charge in [0.2, 0.25) is 0 Å². The van der Waals surface area contributed by atoms with Gasteiger partial charge in [-0.1, -0.05) is 33.6 Å². The van der Waals surface area contributed by atoms with Crippen molar-refractivity contribution in [1.29, 1.82) is 0 Å². The number of allylic oxidation sites excluding steroid dienone is 1. The third kappa shape index (κ3) is 4.01. The number of carbonyl (C=O) groups excluding carboxylic acids is 1. The zero-order chi connectivity index (χ0) is 16.4. The molecule has 1 aromatic carbocycles. The molecule has 2 aliphatic heterocycles. The fourth-order valence-corrected chi connectivity index (χ4v) is 3.50. The summed E-state index contributed by atoms with van der Waals surface area (Å²) < 4.78 is 0.952. The topological polar surface area (TPSA) is 61.9 Å². The molecule has 122 valence electrons. The Hall–Kier alpha value is -1.21. The van der Waals surface area contributed by atoms with E-state index < -0.39 is 6.29 Å². The summed E-state index contributed by atoms with van der Waals surface area (Å²) in [5, 5.41) is 4.54. The van der Waals surface area contributed by atoms with E-state index in [1.165, 1.54) is 0 Å². The maximum absolute atomic E-state index is 11.7. The molecule has 0 aliphatic carbocycles. The molecule has 0 amide bonds. The lowest BCUT2D eigenvalue weighted by Gasteiger charge is -2.39. The lowest BCUT2D eigenvalue weighted by Crippen LogP contribution is -2.53. The first-order valence-corrected chi connectivity index (χ1v) is 8.68. The number of hydrogen-bond donors (Lipinski definition) is 1. The van der Waals surface area contributed by atoms with E-state index in [1.54, 1.807) is 6.21 Å². The average molecular weight is 398 g/mol. The standard InChI is InChI=1S/C16H18BrClN4O/c17-13-4-3-12(15(18)7-13)6-11-8-20-16(19)22(9-11)21-5-1-2-14(23)10-21/h3-4,7-9,16H,1-2,5-6,10,19H2. The highest BCUT2D eigenvalue weighted by Gasteiger charge is 2.26. The number of aliphatic imine (C=N–C) groups is 1. The zero-order valence-corrected chi connectivity index (χ0v) is 14.9. The monoisotopic (exact) mass is 396 g/mol. The van der Waals surface area contributed by atoms with E-state index >= 15 is 0 Å². The Kier molecular flexibility index (Phi) is 5.16. The van der Waals surface area contributed by atoms with Gasteiger partial charge >= 0.3 is 0 Å². The Morgan fingerprint density at radius 3 is 3.00 bits per heavy atom. The van der Waals surface area contributed by atoms with Crippen LogP contribution >= 0.6 is 27.5 Å². The fraction of sp³-hybridized carbons (Fsp3) is 0.375. The summed E-state index contributed by atoms with van der Waals surface area (Å²) in [7, 11) is 0. The first-order chi connectivity index (χ1) is 11.0. The second-order valence-electron chi connectivity index (χ2n) is 5.72. The predicted molar refractivity (Wildman–Crippen MR) is 95.1 cm³/mol. The number of carbonyl (C=O) groups is 1. The Morgan fingerprint density at radius 2 is 2.26 bits per heavy atom. The summed E-state index contributed by atoms with van der Waals surface area (Å²) >= 11 is 9.69. The van der Waals surface area contributed by atoms with Gasteiger partial charge in [0, 0.05) is 41.3 Å². The second kappa shape index (κ2) is 7.13. The van der Waals surface area contributed by atoms with Crippen molar-refractivity contribution in [3.05, 3.63) is 45.0 Å². The van der Waals surface area contributed by atoms with E-state index in [2.05, 4.69) is 20.9 Å². The number of ketones is 1. The maximum Gasteiger partial charge on any atom is 0.186 e. The second-order valence-corrected chi connectivity index (χ2v) is 7.04. The summed E-state index contributed by atoms with van der Waals surface area (Å²) in [6.07, 6.45) is 5.44. The SMILES string of the molecule is NC1N=CC(Cc2ccc(Br)cc2Cl)=CN1N1CCCC(=O)C1. The van der Waals surface area contributed by atoms with Crippen LogP contribution in [0.4, 0.5) is 0 Å². The molecule has 23 heavy (non-hydrogen) atoms. The minimum absolute atomic E-state index is 0.240. The summed E-state index contributed by atoms with van der Waals surface area (Å²) in [6.45, 7) is 1.21. The van der Waals surface area contributed by atoms with Gasteiger partial charge in [0.1, 0.15) is 5.78 Å². The molecule has 1 aromatic rings. The number of Topliss-reactive ketones (excluding diaryl/α,β-unsaturated/α-hetero) is 1. The Labute approximate surface area is 148 Å². The van der Waals surface area contributed by atoms with Crippen LogP contribution in [0.25, 0.3) is 0 Å². The Morgan fingerprint density at radius 1 is 1.43 bits per heavy atom.